The van der Waals surface area contributed by atoms with Crippen molar-refractivity contribution in [2.75, 3.05) is 18.4 Å². The molecular weight excluding hydrogens is 366 g/mol. The van der Waals surface area contributed by atoms with Crippen molar-refractivity contribution in [2.45, 2.75) is 31.2 Å². The van der Waals surface area contributed by atoms with Gasteiger partial charge in [0.2, 0.25) is 0 Å². The summed E-state index contributed by atoms with van der Waals surface area (Å²) in [4.78, 5) is 20.5. The van der Waals surface area contributed by atoms with E-state index in [-0.39, 0.29) is 19.5 Å². The zero-order valence-corrected chi connectivity index (χ0v) is 15.3. The molecule has 1 aromatic carbocycles. The fourth-order valence-corrected chi connectivity index (χ4v) is 4.54. The number of anilines is 1. The van der Waals surface area contributed by atoms with Gasteiger partial charge in [-0.05, 0) is 42.4 Å². The molecule has 28 heavy (non-hydrogen) atoms. The largest absolute Gasteiger partial charge is 0.465 e. The summed E-state index contributed by atoms with van der Waals surface area (Å²) in [5.41, 5.74) is 2.07. The van der Waals surface area contributed by atoms with Crippen molar-refractivity contribution in [1.29, 1.82) is 0 Å². The Bertz CT molecular complexity index is 824. The number of hydrogen-bond donors (Lipinski definition) is 2. The molecule has 0 saturated carbocycles. The van der Waals surface area contributed by atoms with Crippen molar-refractivity contribution in [3.63, 3.8) is 0 Å². The minimum absolute atomic E-state index is 0.0354. The van der Waals surface area contributed by atoms with E-state index in [9.17, 15) is 9.90 Å². The van der Waals surface area contributed by atoms with E-state index in [1.165, 1.54) is 6.33 Å². The van der Waals surface area contributed by atoms with Crippen molar-refractivity contribution in [3.05, 3.63) is 54.0 Å². The number of hydrogen-bond acceptors (Lipinski definition) is 4. The Labute approximate surface area is 161 Å². The number of fused-ring (bicyclic) bond motifs is 1. The number of alkyl halides is 2. The summed E-state index contributed by atoms with van der Waals surface area (Å²) in [5.74, 6) is -4.04. The predicted octanol–water partition coefficient (Wildman–Crippen LogP) is 3.31. The van der Waals surface area contributed by atoms with Crippen LogP contribution in [0.3, 0.4) is 0 Å². The Morgan fingerprint density at radius 1 is 1.25 bits per heavy atom. The van der Waals surface area contributed by atoms with Crippen molar-refractivity contribution in [2.24, 2.45) is 11.8 Å². The summed E-state index contributed by atoms with van der Waals surface area (Å²) in [6.45, 7) is 0.145. The maximum absolute atomic E-state index is 15.5. The lowest BCUT2D eigenvalue weighted by atomic mass is 9.79. The van der Waals surface area contributed by atoms with Crippen LogP contribution in [0.25, 0.3) is 0 Å². The Hall–Kier alpha value is -2.77. The van der Waals surface area contributed by atoms with Crippen LogP contribution < -0.4 is 5.32 Å². The lowest BCUT2D eigenvalue weighted by Gasteiger charge is -2.46. The number of likely N-dealkylation sites (tertiary alicyclic amines) is 1. The first-order chi connectivity index (χ1) is 13.5. The topological polar surface area (TPSA) is 78.4 Å². The maximum Gasteiger partial charge on any atom is 0.407 e. The Morgan fingerprint density at radius 2 is 1.96 bits per heavy atom. The van der Waals surface area contributed by atoms with Crippen LogP contribution in [0.4, 0.5) is 19.4 Å². The fraction of sp³-hybridized carbons (Fsp3) is 0.450. The van der Waals surface area contributed by atoms with Gasteiger partial charge in [-0.25, -0.2) is 23.5 Å². The van der Waals surface area contributed by atoms with Gasteiger partial charge in [-0.15, -0.1) is 0 Å². The molecule has 0 bridgehead atoms. The van der Waals surface area contributed by atoms with Crippen LogP contribution in [0, 0.1) is 11.8 Å². The highest BCUT2D eigenvalue weighted by Gasteiger charge is 2.57. The summed E-state index contributed by atoms with van der Waals surface area (Å²) in [7, 11) is 0. The van der Waals surface area contributed by atoms with E-state index < -0.39 is 29.9 Å². The van der Waals surface area contributed by atoms with Gasteiger partial charge in [-0.3, -0.25) is 4.90 Å². The van der Waals surface area contributed by atoms with Crippen LogP contribution in [0.15, 0.2) is 42.9 Å². The van der Waals surface area contributed by atoms with Crippen molar-refractivity contribution >= 4 is 11.9 Å². The molecule has 2 N–H and O–H groups in total. The predicted molar refractivity (Wildman–Crippen MR) is 99.4 cm³/mol. The van der Waals surface area contributed by atoms with Crippen LogP contribution in [-0.2, 0) is 12.8 Å². The zero-order chi connectivity index (χ0) is 19.7. The molecule has 2 aliphatic rings. The highest BCUT2D eigenvalue weighted by atomic mass is 19.3. The van der Waals surface area contributed by atoms with Gasteiger partial charge in [0.25, 0.3) is 5.92 Å². The monoisotopic (exact) mass is 388 g/mol. The minimum Gasteiger partial charge on any atom is -0.465 e. The quantitative estimate of drug-likeness (QED) is 0.840. The Balaban J connectivity index is 1.55. The number of nitrogens with one attached hydrogen (secondary N) is 1. The van der Waals surface area contributed by atoms with E-state index in [0.29, 0.717) is 18.7 Å². The number of piperidine rings is 1. The van der Waals surface area contributed by atoms with E-state index in [0.717, 1.165) is 16.0 Å². The normalized spacial score (nSPS) is 24.0. The number of halogens is 2. The number of aromatic nitrogens is 2. The summed E-state index contributed by atoms with van der Waals surface area (Å²) in [5, 5.41) is 12.5. The second-order valence-corrected chi connectivity index (χ2v) is 7.49. The summed E-state index contributed by atoms with van der Waals surface area (Å²) < 4.78 is 31.1. The van der Waals surface area contributed by atoms with Gasteiger partial charge in [0.05, 0.1) is 0 Å². The first kappa shape index (κ1) is 18.6. The van der Waals surface area contributed by atoms with Crippen molar-refractivity contribution in [3.8, 4) is 0 Å². The molecule has 1 saturated heterocycles. The molecule has 2 unspecified atom stereocenters. The van der Waals surface area contributed by atoms with Crippen LogP contribution >= 0.6 is 0 Å². The third-order valence-corrected chi connectivity index (χ3v) is 5.88. The van der Waals surface area contributed by atoms with Gasteiger partial charge in [0.1, 0.15) is 18.2 Å². The minimum atomic E-state index is -3.14. The van der Waals surface area contributed by atoms with Crippen LogP contribution in [0.1, 0.15) is 17.5 Å². The van der Waals surface area contributed by atoms with E-state index in [1.807, 2.05) is 24.3 Å². The molecule has 1 fully saturated rings. The van der Waals surface area contributed by atoms with E-state index in [4.69, 9.17) is 0 Å². The van der Waals surface area contributed by atoms with Gasteiger partial charge < -0.3 is 10.4 Å². The number of carboxylic acid groups (broad SMARTS) is 1. The lowest BCUT2D eigenvalue weighted by molar-refractivity contribution is -0.156. The van der Waals surface area contributed by atoms with E-state index in [1.54, 1.807) is 12.3 Å². The molecule has 0 radical (unpaired) electrons. The molecule has 8 heteroatoms. The zero-order valence-electron chi connectivity index (χ0n) is 15.3. The van der Waals surface area contributed by atoms with Gasteiger partial charge in [0, 0.05) is 25.2 Å². The number of amides is 1. The molecule has 1 aliphatic carbocycles. The Morgan fingerprint density at radius 3 is 2.57 bits per heavy atom. The summed E-state index contributed by atoms with van der Waals surface area (Å²) >= 11 is 0. The molecule has 1 aliphatic heterocycles. The first-order valence-electron chi connectivity index (χ1n) is 9.41. The SMILES string of the molecule is O=C(O)N1CCC(CNc2ccncn2)C(F)(F)C1C1Cc2ccccc2C1. The number of benzene rings is 1. The highest BCUT2D eigenvalue weighted by molar-refractivity contribution is 5.66. The lowest BCUT2D eigenvalue weighted by Crippen LogP contribution is -2.62. The number of rotatable bonds is 4. The van der Waals surface area contributed by atoms with Gasteiger partial charge in [0.15, 0.2) is 0 Å². The molecule has 4 rings (SSSR count). The number of carbonyl (C=O) groups is 1. The van der Waals surface area contributed by atoms with Crippen LogP contribution in [0.5, 0.6) is 0 Å². The molecule has 2 atom stereocenters. The molecule has 1 aromatic heterocycles. The average molecular weight is 388 g/mol. The second-order valence-electron chi connectivity index (χ2n) is 7.49. The van der Waals surface area contributed by atoms with E-state index in [2.05, 4.69) is 15.3 Å². The third kappa shape index (κ3) is 3.39. The smallest absolute Gasteiger partial charge is 0.407 e. The van der Waals surface area contributed by atoms with Gasteiger partial charge >= 0.3 is 6.09 Å². The fourth-order valence-electron chi connectivity index (χ4n) is 4.54. The molecular formula is C20H22F2N4O2. The standard InChI is InChI=1S/C20H22F2N4O2/c21-20(22)16(11-24-17-5-7-23-12-25-17)6-8-26(19(27)28)18(20)15-9-13-3-1-2-4-14(13)10-15/h1-5,7,12,15-16,18H,6,8-11H2,(H,27,28)(H,23,24,25). The number of nitrogens with zero attached hydrogens (tertiary/aromatic N) is 3. The summed E-state index contributed by atoms with van der Waals surface area (Å²) in [6, 6.07) is 7.96. The Kier molecular flexibility index (Phi) is 4.87. The average Bonchev–Trinajstić information content (AvgIpc) is 3.10. The third-order valence-electron chi connectivity index (χ3n) is 5.88. The van der Waals surface area contributed by atoms with Crippen LogP contribution in [0.2, 0.25) is 0 Å². The highest BCUT2D eigenvalue weighted by Crippen LogP contribution is 2.45. The van der Waals surface area contributed by atoms with Gasteiger partial charge in [-0.2, -0.15) is 0 Å². The molecule has 1 amide bonds. The molecule has 6 nitrogen and oxygen atoms in total. The molecule has 148 valence electrons. The van der Waals surface area contributed by atoms with Crippen LogP contribution in [-0.4, -0.2) is 51.1 Å². The van der Waals surface area contributed by atoms with Crippen molar-refractivity contribution < 1.29 is 18.7 Å². The van der Waals surface area contributed by atoms with Crippen molar-refractivity contribution in [1.82, 2.24) is 14.9 Å². The molecule has 2 heterocycles. The second kappa shape index (κ2) is 7.33. The molecule has 0 spiro atoms. The van der Waals surface area contributed by atoms with Gasteiger partial charge in [-0.1, -0.05) is 24.3 Å². The maximum atomic E-state index is 15.5. The molecule has 2 aromatic rings. The van der Waals surface area contributed by atoms with E-state index >= 15 is 8.78 Å². The summed E-state index contributed by atoms with van der Waals surface area (Å²) in [6.07, 6.45) is 2.68. The first-order valence-corrected chi connectivity index (χ1v) is 9.41.